The van der Waals surface area contributed by atoms with Crippen molar-refractivity contribution in [1.82, 2.24) is 14.5 Å². The van der Waals surface area contributed by atoms with Crippen molar-refractivity contribution in [3.05, 3.63) is 88.1 Å². The van der Waals surface area contributed by atoms with Crippen molar-refractivity contribution < 1.29 is 19.4 Å². The van der Waals surface area contributed by atoms with Crippen molar-refractivity contribution in [3.63, 3.8) is 0 Å². The van der Waals surface area contributed by atoms with Crippen LogP contribution in [0.4, 0.5) is 17.3 Å². The number of rotatable bonds is 11. The zero-order valence-electron chi connectivity index (χ0n) is 20.3. The van der Waals surface area contributed by atoms with Crippen LogP contribution in [0.25, 0.3) is 0 Å². The van der Waals surface area contributed by atoms with Crippen molar-refractivity contribution in [1.29, 1.82) is 0 Å². The predicted molar refractivity (Wildman–Crippen MR) is 142 cm³/mol. The maximum absolute atomic E-state index is 13.1. The van der Waals surface area contributed by atoms with E-state index in [9.17, 15) is 14.4 Å². The van der Waals surface area contributed by atoms with Crippen molar-refractivity contribution in [2.45, 2.75) is 33.2 Å². The first kappa shape index (κ1) is 27.2. The lowest BCUT2D eigenvalue weighted by molar-refractivity contribution is -0.115. The highest BCUT2D eigenvalue weighted by Crippen LogP contribution is 2.24. The molecule has 10 nitrogen and oxygen atoms in total. The van der Waals surface area contributed by atoms with Gasteiger partial charge in [0.2, 0.25) is 11.9 Å². The second kappa shape index (κ2) is 13.0. The number of halogens is 1. The monoisotopic (exact) mass is 523 g/mol. The third-order valence-electron chi connectivity index (χ3n) is 5.01. The maximum atomic E-state index is 13.1. The third kappa shape index (κ3) is 7.77. The second-order valence-corrected chi connectivity index (χ2v) is 8.09. The molecule has 0 saturated heterocycles. The van der Waals surface area contributed by atoms with E-state index >= 15 is 0 Å². The number of hydrogen-bond acceptors (Lipinski definition) is 7. The van der Waals surface area contributed by atoms with Crippen LogP contribution in [0, 0.1) is 0 Å². The lowest BCUT2D eigenvalue weighted by atomic mass is 10.3. The summed E-state index contributed by atoms with van der Waals surface area (Å²) in [6, 6.07) is 9.70. The van der Waals surface area contributed by atoms with Gasteiger partial charge in [0.15, 0.2) is 5.69 Å². The van der Waals surface area contributed by atoms with E-state index in [2.05, 4.69) is 20.6 Å². The number of carboxylic acids is 1. The van der Waals surface area contributed by atoms with Crippen LogP contribution in [0.1, 0.15) is 37.2 Å². The Hall–Kier alpha value is -4.44. The van der Waals surface area contributed by atoms with Crippen LogP contribution in [0.3, 0.4) is 0 Å². The highest BCUT2D eigenvalue weighted by Gasteiger charge is 2.13. The molecule has 0 aliphatic carbocycles. The Morgan fingerprint density at radius 1 is 1.16 bits per heavy atom. The van der Waals surface area contributed by atoms with E-state index in [1.807, 2.05) is 13.0 Å². The summed E-state index contributed by atoms with van der Waals surface area (Å²) in [6.45, 7) is 3.81. The van der Waals surface area contributed by atoms with E-state index in [1.165, 1.54) is 23.0 Å². The summed E-state index contributed by atoms with van der Waals surface area (Å²) in [6.07, 6.45) is 8.76. The first-order valence-corrected chi connectivity index (χ1v) is 11.8. The average molecular weight is 524 g/mol. The van der Waals surface area contributed by atoms with Gasteiger partial charge in [-0.3, -0.25) is 14.2 Å². The topological polar surface area (TPSA) is 135 Å². The Bertz CT molecular complexity index is 1380. The Kier molecular flexibility index (Phi) is 9.56. The molecule has 0 bridgehead atoms. The number of carbonyl (C=O) groups excluding carboxylic acids is 1. The number of allylic oxidation sites excluding steroid dienone is 4. The Balaban J connectivity index is 1.80. The largest absolute Gasteiger partial charge is 0.477 e. The van der Waals surface area contributed by atoms with E-state index in [0.717, 1.165) is 0 Å². The summed E-state index contributed by atoms with van der Waals surface area (Å²) in [5, 5.41) is 15.4. The SMILES string of the molecule is C/C=C(Cl)\C=C/CCn1c(Nc2ccc(Oc3ccnc(C(=O)O)c3)cc2)ncc(NC(=O)CC)c1=O. The average Bonchev–Trinajstić information content (AvgIpc) is 2.90. The van der Waals surface area contributed by atoms with Crippen LogP contribution in [-0.2, 0) is 11.3 Å². The molecule has 0 unspecified atom stereocenters. The van der Waals surface area contributed by atoms with E-state index in [4.69, 9.17) is 21.4 Å². The fourth-order valence-electron chi connectivity index (χ4n) is 3.08. The summed E-state index contributed by atoms with van der Waals surface area (Å²) in [5.41, 5.74) is 0.208. The van der Waals surface area contributed by atoms with E-state index in [-0.39, 0.29) is 23.7 Å². The Labute approximate surface area is 218 Å². The molecule has 37 heavy (non-hydrogen) atoms. The van der Waals surface area contributed by atoms with E-state index < -0.39 is 11.5 Å². The minimum Gasteiger partial charge on any atom is -0.477 e. The van der Waals surface area contributed by atoms with Gasteiger partial charge in [0, 0.05) is 35.9 Å². The van der Waals surface area contributed by atoms with Gasteiger partial charge in [0.25, 0.3) is 5.56 Å². The van der Waals surface area contributed by atoms with Crippen LogP contribution in [0.5, 0.6) is 11.5 Å². The van der Waals surface area contributed by atoms with Gasteiger partial charge in [0.1, 0.15) is 17.2 Å². The molecule has 0 saturated carbocycles. The molecule has 11 heteroatoms. The summed E-state index contributed by atoms with van der Waals surface area (Å²) < 4.78 is 7.15. The number of aromatic carboxylic acids is 1. The molecular formula is C26H26ClN5O5. The summed E-state index contributed by atoms with van der Waals surface area (Å²) >= 11 is 5.99. The van der Waals surface area contributed by atoms with Gasteiger partial charge in [-0.15, -0.1) is 0 Å². The molecule has 0 fully saturated rings. The van der Waals surface area contributed by atoms with Gasteiger partial charge in [-0.25, -0.2) is 14.8 Å². The summed E-state index contributed by atoms with van der Waals surface area (Å²) in [7, 11) is 0. The number of nitrogens with one attached hydrogen (secondary N) is 2. The third-order valence-corrected chi connectivity index (χ3v) is 5.36. The molecule has 1 amide bonds. The van der Waals surface area contributed by atoms with Gasteiger partial charge in [-0.05, 0) is 49.8 Å². The highest BCUT2D eigenvalue weighted by atomic mass is 35.5. The fourth-order valence-corrected chi connectivity index (χ4v) is 3.17. The van der Waals surface area contributed by atoms with E-state index in [1.54, 1.807) is 49.4 Å². The quantitative estimate of drug-likeness (QED) is 0.288. The van der Waals surface area contributed by atoms with Gasteiger partial charge < -0.3 is 20.5 Å². The standard InChI is InChI=1S/C26H26ClN5O5/c1-3-17(27)7-5-6-14-32-24(34)22(31-23(33)4-2)16-29-26(32)30-18-8-10-19(11-9-18)37-20-12-13-28-21(15-20)25(35)36/h3,5,7-13,15-16H,4,6,14H2,1-2H3,(H,29,30)(H,31,33)(H,35,36)/b7-5-,17-3+. The maximum Gasteiger partial charge on any atom is 0.354 e. The van der Waals surface area contributed by atoms with Gasteiger partial charge in [-0.2, -0.15) is 0 Å². The van der Waals surface area contributed by atoms with Crippen LogP contribution in [0.2, 0.25) is 0 Å². The Morgan fingerprint density at radius 2 is 1.92 bits per heavy atom. The van der Waals surface area contributed by atoms with Crippen LogP contribution in [0.15, 0.2) is 76.8 Å². The molecule has 0 aliphatic heterocycles. The number of anilines is 3. The first-order chi connectivity index (χ1) is 17.8. The normalized spacial score (nSPS) is 11.4. The Morgan fingerprint density at radius 3 is 2.59 bits per heavy atom. The molecule has 3 rings (SSSR count). The van der Waals surface area contributed by atoms with Gasteiger partial charge in [0.05, 0.1) is 6.20 Å². The number of carbonyl (C=O) groups is 2. The van der Waals surface area contributed by atoms with Gasteiger partial charge >= 0.3 is 5.97 Å². The lowest BCUT2D eigenvalue weighted by Gasteiger charge is -2.15. The number of aromatic nitrogens is 3. The molecule has 0 radical (unpaired) electrons. The second-order valence-electron chi connectivity index (χ2n) is 7.65. The first-order valence-electron chi connectivity index (χ1n) is 11.4. The number of carboxylic acid groups (broad SMARTS) is 1. The van der Waals surface area contributed by atoms with Crippen LogP contribution >= 0.6 is 11.6 Å². The van der Waals surface area contributed by atoms with Gasteiger partial charge in [-0.1, -0.05) is 30.7 Å². The smallest absolute Gasteiger partial charge is 0.354 e. The van der Waals surface area contributed by atoms with E-state index in [0.29, 0.717) is 41.1 Å². The van der Waals surface area contributed by atoms with Crippen molar-refractivity contribution >= 4 is 40.8 Å². The molecular weight excluding hydrogens is 498 g/mol. The molecule has 192 valence electrons. The molecule has 2 aromatic heterocycles. The van der Waals surface area contributed by atoms with Crippen LogP contribution < -0.4 is 20.9 Å². The molecule has 2 heterocycles. The number of nitrogens with zero attached hydrogens (tertiary/aromatic N) is 3. The minimum absolute atomic E-state index is 0.0923. The number of hydrogen-bond donors (Lipinski definition) is 3. The lowest BCUT2D eigenvalue weighted by Crippen LogP contribution is -2.28. The van der Waals surface area contributed by atoms with Crippen molar-refractivity contribution in [3.8, 4) is 11.5 Å². The molecule has 3 aromatic rings. The zero-order chi connectivity index (χ0) is 26.8. The number of benzene rings is 1. The number of pyridine rings is 1. The van der Waals surface area contributed by atoms with Crippen LogP contribution in [-0.4, -0.2) is 31.5 Å². The molecule has 0 atom stereocenters. The predicted octanol–water partition coefficient (Wildman–Crippen LogP) is 5.31. The molecule has 3 N–H and O–H groups in total. The summed E-state index contributed by atoms with van der Waals surface area (Å²) in [5.74, 6) is -0.337. The number of ether oxygens (including phenoxy) is 1. The van der Waals surface area contributed by atoms with Crippen molar-refractivity contribution in [2.75, 3.05) is 10.6 Å². The zero-order valence-corrected chi connectivity index (χ0v) is 21.0. The molecule has 0 spiro atoms. The minimum atomic E-state index is -1.15. The summed E-state index contributed by atoms with van der Waals surface area (Å²) in [4.78, 5) is 44.1. The number of amides is 1. The fraction of sp³-hybridized carbons (Fsp3) is 0.192. The molecule has 0 aliphatic rings. The van der Waals surface area contributed by atoms with Crippen molar-refractivity contribution in [2.24, 2.45) is 0 Å². The molecule has 1 aromatic carbocycles. The highest BCUT2D eigenvalue weighted by molar-refractivity contribution is 6.31.